The molecule has 3 rings (SSSR count). The highest BCUT2D eigenvalue weighted by molar-refractivity contribution is 5.52. The third kappa shape index (κ3) is 4.44. The van der Waals surface area contributed by atoms with Crippen molar-refractivity contribution in [3.63, 3.8) is 0 Å². The van der Waals surface area contributed by atoms with Gasteiger partial charge in [0.15, 0.2) is 0 Å². The summed E-state index contributed by atoms with van der Waals surface area (Å²) in [6, 6.07) is 15.4. The van der Waals surface area contributed by atoms with Crippen molar-refractivity contribution >= 4 is 0 Å². The van der Waals surface area contributed by atoms with Crippen LogP contribution in [-0.2, 0) is 4.74 Å². The van der Waals surface area contributed by atoms with E-state index in [1.807, 2.05) is 48.5 Å². The molecule has 0 spiro atoms. The van der Waals surface area contributed by atoms with Gasteiger partial charge < -0.3 is 14.2 Å². The summed E-state index contributed by atoms with van der Waals surface area (Å²) in [5, 5.41) is 0. The van der Waals surface area contributed by atoms with Crippen LogP contribution in [0.1, 0.15) is 11.1 Å². The number of hydrogen-bond acceptors (Lipinski definition) is 3. The lowest BCUT2D eigenvalue weighted by Gasteiger charge is -1.98. The average Bonchev–Trinajstić information content (AvgIpc) is 3.12. The normalized spacial score (nSPS) is 12.7. The summed E-state index contributed by atoms with van der Waals surface area (Å²) in [5.74, 6) is 14.3. The second-order valence-electron chi connectivity index (χ2n) is 5.41. The Balaban J connectivity index is 1.83. The zero-order valence-electron chi connectivity index (χ0n) is 14.3. The molecule has 25 heavy (non-hydrogen) atoms. The molecule has 1 aliphatic heterocycles. The number of rotatable bonds is 2. The second-order valence-corrected chi connectivity index (χ2v) is 5.41. The molecule has 0 saturated heterocycles. The van der Waals surface area contributed by atoms with Crippen LogP contribution in [0.15, 0.2) is 59.7 Å². The van der Waals surface area contributed by atoms with Gasteiger partial charge in [0.05, 0.1) is 27.4 Å². The Morgan fingerprint density at radius 1 is 0.720 bits per heavy atom. The van der Waals surface area contributed by atoms with E-state index in [2.05, 4.69) is 23.7 Å². The quantitative estimate of drug-likeness (QED) is 0.790. The van der Waals surface area contributed by atoms with Crippen LogP contribution in [0.4, 0.5) is 0 Å². The summed E-state index contributed by atoms with van der Waals surface area (Å²) < 4.78 is 15.9. The van der Waals surface area contributed by atoms with Crippen molar-refractivity contribution < 1.29 is 14.2 Å². The Hall–Kier alpha value is -3.14. The largest absolute Gasteiger partial charge is 0.497 e. The number of hydrogen-bond donors (Lipinski definition) is 0. The van der Waals surface area contributed by atoms with E-state index in [-0.39, 0.29) is 0 Å². The van der Waals surface area contributed by atoms with Gasteiger partial charge in [0.2, 0.25) is 0 Å². The van der Waals surface area contributed by atoms with Crippen LogP contribution in [0.3, 0.4) is 0 Å². The zero-order chi connectivity index (χ0) is 17.5. The molecule has 0 unspecified atom stereocenters. The molecule has 0 atom stereocenters. The van der Waals surface area contributed by atoms with Crippen molar-refractivity contribution in [2.24, 2.45) is 0 Å². The van der Waals surface area contributed by atoms with Crippen molar-refractivity contribution in [2.75, 3.05) is 27.4 Å². The summed E-state index contributed by atoms with van der Waals surface area (Å²) in [5.41, 5.74) is 3.66. The van der Waals surface area contributed by atoms with E-state index in [0.29, 0.717) is 13.2 Å². The Kier molecular flexibility index (Phi) is 5.42. The summed E-state index contributed by atoms with van der Waals surface area (Å²) in [6.07, 6.45) is 0. The Labute approximate surface area is 148 Å². The monoisotopic (exact) mass is 330 g/mol. The summed E-state index contributed by atoms with van der Waals surface area (Å²) in [4.78, 5) is 0. The molecule has 0 N–H and O–H groups in total. The Morgan fingerprint density at radius 2 is 1.20 bits per heavy atom. The Bertz CT molecular complexity index is 842. The van der Waals surface area contributed by atoms with E-state index in [1.165, 1.54) is 0 Å². The third-order valence-corrected chi connectivity index (χ3v) is 3.71. The first-order valence-corrected chi connectivity index (χ1v) is 7.90. The fraction of sp³-hybridized carbons (Fsp3) is 0.182. The first kappa shape index (κ1) is 16.7. The highest BCUT2D eigenvalue weighted by Gasteiger charge is 2.11. The van der Waals surface area contributed by atoms with Gasteiger partial charge in [0, 0.05) is 22.3 Å². The van der Waals surface area contributed by atoms with Crippen molar-refractivity contribution in [1.29, 1.82) is 0 Å². The highest BCUT2D eigenvalue weighted by Crippen LogP contribution is 2.16. The van der Waals surface area contributed by atoms with Crippen LogP contribution in [-0.4, -0.2) is 27.4 Å². The molecule has 0 aromatic heterocycles. The summed E-state index contributed by atoms with van der Waals surface area (Å²) in [6.45, 7) is 0.998. The molecule has 124 valence electrons. The van der Waals surface area contributed by atoms with Crippen LogP contribution in [0, 0.1) is 23.7 Å². The molecule has 1 aliphatic rings. The van der Waals surface area contributed by atoms with Gasteiger partial charge in [-0.05, 0) is 36.4 Å². The molecule has 3 heteroatoms. The molecule has 3 nitrogen and oxygen atoms in total. The first-order valence-electron chi connectivity index (χ1n) is 7.90. The fourth-order valence-electron chi connectivity index (χ4n) is 2.35. The first-order chi connectivity index (χ1) is 12.3. The molecular formula is C22H18O3. The van der Waals surface area contributed by atoms with Crippen molar-refractivity contribution in [3.8, 4) is 35.2 Å². The molecule has 0 saturated carbocycles. The molecule has 0 radical (unpaired) electrons. The van der Waals surface area contributed by atoms with Crippen molar-refractivity contribution in [2.45, 2.75) is 0 Å². The van der Waals surface area contributed by atoms with E-state index >= 15 is 0 Å². The molecule has 1 heterocycles. The summed E-state index contributed by atoms with van der Waals surface area (Å²) >= 11 is 0. The highest BCUT2D eigenvalue weighted by atomic mass is 16.5. The molecule has 2 aromatic carbocycles. The van der Waals surface area contributed by atoms with Gasteiger partial charge in [-0.1, -0.05) is 35.8 Å². The van der Waals surface area contributed by atoms with Crippen LogP contribution < -0.4 is 9.47 Å². The minimum absolute atomic E-state index is 0.499. The zero-order valence-corrected chi connectivity index (χ0v) is 14.3. The van der Waals surface area contributed by atoms with Crippen molar-refractivity contribution in [3.05, 3.63) is 70.8 Å². The van der Waals surface area contributed by atoms with Gasteiger partial charge in [0.25, 0.3) is 0 Å². The van der Waals surface area contributed by atoms with Crippen LogP contribution >= 0.6 is 0 Å². The molecule has 0 fully saturated rings. The fourth-order valence-corrected chi connectivity index (χ4v) is 2.35. The smallest absolute Gasteiger partial charge is 0.120 e. The van der Waals surface area contributed by atoms with Crippen LogP contribution in [0.25, 0.3) is 0 Å². The predicted octanol–water partition coefficient (Wildman–Crippen LogP) is 3.43. The molecule has 0 bridgehead atoms. The third-order valence-electron chi connectivity index (χ3n) is 3.71. The Morgan fingerprint density at radius 3 is 1.64 bits per heavy atom. The van der Waals surface area contributed by atoms with Gasteiger partial charge in [-0.25, -0.2) is 0 Å². The number of methoxy groups -OCH3 is 2. The molecule has 2 aromatic rings. The van der Waals surface area contributed by atoms with Gasteiger partial charge in [0.1, 0.15) is 11.5 Å². The van der Waals surface area contributed by atoms with Gasteiger partial charge >= 0.3 is 0 Å². The minimum atomic E-state index is 0.499. The maximum Gasteiger partial charge on any atom is 0.120 e. The lowest BCUT2D eigenvalue weighted by molar-refractivity contribution is 0.208. The summed E-state index contributed by atoms with van der Waals surface area (Å²) in [7, 11) is 3.29. The topological polar surface area (TPSA) is 27.7 Å². The van der Waals surface area contributed by atoms with E-state index in [0.717, 1.165) is 33.8 Å². The van der Waals surface area contributed by atoms with Gasteiger partial charge in [-0.15, -0.1) is 0 Å². The van der Waals surface area contributed by atoms with Crippen molar-refractivity contribution in [1.82, 2.24) is 0 Å². The van der Waals surface area contributed by atoms with E-state index < -0.39 is 0 Å². The van der Waals surface area contributed by atoms with Crippen LogP contribution in [0.2, 0.25) is 0 Å². The van der Waals surface area contributed by atoms with E-state index in [9.17, 15) is 0 Å². The molecule has 0 aliphatic carbocycles. The average molecular weight is 330 g/mol. The number of benzene rings is 2. The maximum absolute atomic E-state index is 5.51. The lowest BCUT2D eigenvalue weighted by atomic mass is 10.1. The van der Waals surface area contributed by atoms with Gasteiger partial charge in [-0.3, -0.25) is 0 Å². The second kappa shape index (κ2) is 8.11. The maximum atomic E-state index is 5.51. The molecule has 0 amide bonds. The SMILES string of the molecule is COc1cccc(C#CC2=C(C#Cc3cccc(OC)c3)COC2)c1. The van der Waals surface area contributed by atoms with E-state index in [4.69, 9.17) is 14.2 Å². The van der Waals surface area contributed by atoms with Gasteiger partial charge in [-0.2, -0.15) is 0 Å². The lowest BCUT2D eigenvalue weighted by Crippen LogP contribution is -1.86. The minimum Gasteiger partial charge on any atom is -0.497 e. The molecular weight excluding hydrogens is 312 g/mol. The standard InChI is InChI=1S/C22H18O3/c1-23-21-7-3-5-17(13-21)9-11-19-15-25-16-20(19)12-10-18-6-4-8-22(14-18)24-2/h3-8,13-14H,15-16H2,1-2H3. The van der Waals surface area contributed by atoms with Crippen LogP contribution in [0.5, 0.6) is 11.5 Å². The van der Waals surface area contributed by atoms with E-state index in [1.54, 1.807) is 14.2 Å². The number of ether oxygens (including phenoxy) is 3. The predicted molar refractivity (Wildman–Crippen MR) is 97.6 cm³/mol.